The number of nitrogens with one attached hydrogen (secondary N) is 1. The number of rotatable bonds is 5. The van der Waals surface area contributed by atoms with Crippen molar-refractivity contribution in [3.8, 4) is 11.5 Å². The van der Waals surface area contributed by atoms with Gasteiger partial charge < -0.3 is 19.4 Å². The maximum atomic E-state index is 5.56. The van der Waals surface area contributed by atoms with Crippen molar-refractivity contribution in [1.82, 2.24) is 14.9 Å². The standard InChI is InChI=1S/C14H17N3O2/c1-2-13-14(19-8-7-18-13)9-12(1)10-15-3-5-17-6-4-16-11-17/h1-2,4,6,9,11,15H,3,5,7-8,10H2. The molecule has 0 atom stereocenters. The number of hydrogen-bond acceptors (Lipinski definition) is 4. The quantitative estimate of drug-likeness (QED) is 0.826. The van der Waals surface area contributed by atoms with Crippen molar-refractivity contribution in [1.29, 1.82) is 0 Å². The van der Waals surface area contributed by atoms with Crippen LogP contribution in [0.25, 0.3) is 0 Å². The van der Waals surface area contributed by atoms with E-state index in [-0.39, 0.29) is 0 Å². The van der Waals surface area contributed by atoms with E-state index in [0.717, 1.165) is 31.1 Å². The van der Waals surface area contributed by atoms with E-state index in [1.165, 1.54) is 5.56 Å². The largest absolute Gasteiger partial charge is 0.486 e. The third-order valence-electron chi connectivity index (χ3n) is 3.04. The first-order valence-corrected chi connectivity index (χ1v) is 6.47. The Balaban J connectivity index is 1.50. The molecule has 1 aromatic carbocycles. The third kappa shape index (κ3) is 3.06. The van der Waals surface area contributed by atoms with E-state index < -0.39 is 0 Å². The smallest absolute Gasteiger partial charge is 0.161 e. The lowest BCUT2D eigenvalue weighted by molar-refractivity contribution is 0.171. The number of aromatic nitrogens is 2. The monoisotopic (exact) mass is 259 g/mol. The van der Waals surface area contributed by atoms with Gasteiger partial charge in [0.1, 0.15) is 13.2 Å². The Morgan fingerprint density at radius 2 is 2.11 bits per heavy atom. The summed E-state index contributed by atoms with van der Waals surface area (Å²) in [7, 11) is 0. The van der Waals surface area contributed by atoms with Crippen molar-refractivity contribution in [2.24, 2.45) is 0 Å². The summed E-state index contributed by atoms with van der Waals surface area (Å²) in [5, 5.41) is 3.40. The Morgan fingerprint density at radius 3 is 2.95 bits per heavy atom. The summed E-state index contributed by atoms with van der Waals surface area (Å²) < 4.78 is 13.1. The highest BCUT2D eigenvalue weighted by molar-refractivity contribution is 5.43. The van der Waals surface area contributed by atoms with Gasteiger partial charge in [-0.3, -0.25) is 0 Å². The van der Waals surface area contributed by atoms with Crippen molar-refractivity contribution in [3.63, 3.8) is 0 Å². The van der Waals surface area contributed by atoms with Gasteiger partial charge in [-0.2, -0.15) is 0 Å². The van der Waals surface area contributed by atoms with Gasteiger partial charge in [-0.15, -0.1) is 0 Å². The number of ether oxygens (including phenoxy) is 2. The van der Waals surface area contributed by atoms with Crippen LogP contribution in [0, 0.1) is 0 Å². The van der Waals surface area contributed by atoms with Crippen LogP contribution in [-0.2, 0) is 13.1 Å². The van der Waals surface area contributed by atoms with Gasteiger partial charge in [0.05, 0.1) is 6.33 Å². The molecule has 0 amide bonds. The summed E-state index contributed by atoms with van der Waals surface area (Å²) in [4.78, 5) is 4.01. The lowest BCUT2D eigenvalue weighted by Crippen LogP contribution is -2.19. The van der Waals surface area contributed by atoms with Crippen molar-refractivity contribution in [3.05, 3.63) is 42.5 Å². The topological polar surface area (TPSA) is 48.3 Å². The zero-order valence-corrected chi connectivity index (χ0v) is 10.7. The van der Waals surface area contributed by atoms with Crippen molar-refractivity contribution in [2.75, 3.05) is 19.8 Å². The van der Waals surface area contributed by atoms with Gasteiger partial charge in [0, 0.05) is 32.0 Å². The summed E-state index contributed by atoms with van der Waals surface area (Å²) in [6, 6.07) is 6.08. The van der Waals surface area contributed by atoms with E-state index in [9.17, 15) is 0 Å². The normalized spacial score (nSPS) is 13.5. The Hall–Kier alpha value is -2.01. The summed E-state index contributed by atoms with van der Waals surface area (Å²) in [5.41, 5.74) is 1.20. The van der Waals surface area contributed by atoms with Gasteiger partial charge in [0.15, 0.2) is 11.5 Å². The molecule has 0 saturated heterocycles. The molecule has 3 rings (SSSR count). The molecular formula is C14H17N3O2. The minimum atomic E-state index is 0.629. The van der Waals surface area contributed by atoms with Crippen molar-refractivity contribution in [2.45, 2.75) is 13.1 Å². The zero-order chi connectivity index (χ0) is 12.9. The minimum absolute atomic E-state index is 0.629. The van der Waals surface area contributed by atoms with Gasteiger partial charge in [0.25, 0.3) is 0 Å². The minimum Gasteiger partial charge on any atom is -0.486 e. The molecule has 5 nitrogen and oxygen atoms in total. The van der Waals surface area contributed by atoms with Crippen LogP contribution in [0.2, 0.25) is 0 Å². The molecular weight excluding hydrogens is 242 g/mol. The van der Waals surface area contributed by atoms with Crippen LogP contribution in [0.15, 0.2) is 36.9 Å². The van der Waals surface area contributed by atoms with Gasteiger partial charge in [-0.25, -0.2) is 4.98 Å². The first-order chi connectivity index (χ1) is 9.42. The number of fused-ring (bicyclic) bond motifs is 1. The Kier molecular flexibility index (Phi) is 3.65. The van der Waals surface area contributed by atoms with E-state index >= 15 is 0 Å². The highest BCUT2D eigenvalue weighted by Gasteiger charge is 2.11. The first kappa shape index (κ1) is 12.0. The average Bonchev–Trinajstić information content (AvgIpc) is 2.97. The molecule has 0 saturated carbocycles. The van der Waals surface area contributed by atoms with E-state index in [1.54, 1.807) is 6.20 Å². The molecule has 0 fully saturated rings. The summed E-state index contributed by atoms with van der Waals surface area (Å²) in [6.07, 6.45) is 5.58. The number of hydrogen-bond donors (Lipinski definition) is 1. The lowest BCUT2D eigenvalue weighted by atomic mass is 10.2. The molecule has 0 spiro atoms. The second kappa shape index (κ2) is 5.75. The number of nitrogens with zero attached hydrogens (tertiary/aromatic N) is 2. The van der Waals surface area contributed by atoms with Crippen LogP contribution < -0.4 is 14.8 Å². The fourth-order valence-corrected chi connectivity index (χ4v) is 2.06. The molecule has 1 aliphatic heterocycles. The van der Waals surface area contributed by atoms with Gasteiger partial charge >= 0.3 is 0 Å². The molecule has 1 N–H and O–H groups in total. The predicted molar refractivity (Wildman–Crippen MR) is 71.4 cm³/mol. The van der Waals surface area contributed by atoms with E-state index in [4.69, 9.17) is 9.47 Å². The first-order valence-electron chi connectivity index (χ1n) is 6.47. The molecule has 1 aliphatic rings. The van der Waals surface area contributed by atoms with Crippen molar-refractivity contribution < 1.29 is 9.47 Å². The highest BCUT2D eigenvalue weighted by Crippen LogP contribution is 2.30. The van der Waals surface area contributed by atoms with Gasteiger partial charge in [-0.05, 0) is 17.7 Å². The van der Waals surface area contributed by atoms with E-state index in [0.29, 0.717) is 13.2 Å². The zero-order valence-electron chi connectivity index (χ0n) is 10.7. The van der Waals surface area contributed by atoms with E-state index in [2.05, 4.69) is 20.9 Å². The molecule has 100 valence electrons. The van der Waals surface area contributed by atoms with Gasteiger partial charge in [-0.1, -0.05) is 6.07 Å². The maximum Gasteiger partial charge on any atom is 0.161 e. The summed E-state index contributed by atoms with van der Waals surface area (Å²) >= 11 is 0. The molecule has 0 radical (unpaired) electrons. The molecule has 5 heteroatoms. The van der Waals surface area contributed by atoms with Crippen LogP contribution >= 0.6 is 0 Å². The SMILES string of the molecule is c1cn(CCNCc2ccc3c(c2)OCCO3)cn1. The second-order valence-corrected chi connectivity index (χ2v) is 4.46. The highest BCUT2D eigenvalue weighted by atomic mass is 16.6. The maximum absolute atomic E-state index is 5.56. The van der Waals surface area contributed by atoms with Crippen LogP contribution in [0.1, 0.15) is 5.56 Å². The second-order valence-electron chi connectivity index (χ2n) is 4.46. The predicted octanol–water partition coefficient (Wildman–Crippen LogP) is 1.44. The van der Waals surface area contributed by atoms with E-state index in [1.807, 2.05) is 24.7 Å². The molecule has 0 unspecified atom stereocenters. The van der Waals surface area contributed by atoms with Crippen LogP contribution in [-0.4, -0.2) is 29.3 Å². The third-order valence-corrected chi connectivity index (χ3v) is 3.04. The summed E-state index contributed by atoms with van der Waals surface area (Å²) in [5.74, 6) is 1.69. The fraction of sp³-hybridized carbons (Fsp3) is 0.357. The summed E-state index contributed by atoms with van der Waals surface area (Å²) in [6.45, 7) is 3.92. The molecule has 2 heterocycles. The van der Waals surface area contributed by atoms with Crippen LogP contribution in [0.5, 0.6) is 11.5 Å². The number of imidazole rings is 1. The molecule has 0 aliphatic carbocycles. The molecule has 19 heavy (non-hydrogen) atoms. The Morgan fingerprint density at radius 1 is 1.21 bits per heavy atom. The molecule has 0 bridgehead atoms. The molecule has 1 aromatic heterocycles. The molecule has 2 aromatic rings. The van der Waals surface area contributed by atoms with Crippen molar-refractivity contribution >= 4 is 0 Å². The fourth-order valence-electron chi connectivity index (χ4n) is 2.06. The average molecular weight is 259 g/mol. The lowest BCUT2D eigenvalue weighted by Gasteiger charge is -2.19. The Labute approximate surface area is 112 Å². The van der Waals surface area contributed by atoms with Crippen LogP contribution in [0.3, 0.4) is 0 Å². The number of benzene rings is 1. The Bertz CT molecular complexity index is 525. The van der Waals surface area contributed by atoms with Gasteiger partial charge in [0.2, 0.25) is 0 Å². The van der Waals surface area contributed by atoms with Crippen LogP contribution in [0.4, 0.5) is 0 Å².